The Kier molecular flexibility index (Phi) is 6.56. The van der Waals surface area contributed by atoms with E-state index in [1.165, 1.54) is 4.90 Å². The molecule has 2 heterocycles. The van der Waals surface area contributed by atoms with Crippen LogP contribution >= 0.6 is 11.3 Å². The van der Waals surface area contributed by atoms with Crippen molar-refractivity contribution in [3.63, 3.8) is 0 Å². The zero-order valence-corrected chi connectivity index (χ0v) is 19.1. The summed E-state index contributed by atoms with van der Waals surface area (Å²) in [4.78, 5) is 43.8. The summed E-state index contributed by atoms with van der Waals surface area (Å²) in [6.45, 7) is 4.60. The number of hydrogen-bond acceptors (Lipinski definition) is 4. The van der Waals surface area contributed by atoms with Crippen LogP contribution in [-0.2, 0) is 20.9 Å². The monoisotopic (exact) mass is 438 g/mol. The van der Waals surface area contributed by atoms with Gasteiger partial charge in [-0.2, -0.15) is 0 Å². The molecule has 1 aromatic heterocycles. The van der Waals surface area contributed by atoms with Crippen molar-refractivity contribution in [2.45, 2.75) is 70.9 Å². The van der Waals surface area contributed by atoms with Gasteiger partial charge < -0.3 is 4.90 Å². The van der Waals surface area contributed by atoms with Gasteiger partial charge in [0.1, 0.15) is 6.04 Å². The van der Waals surface area contributed by atoms with Crippen LogP contribution in [0, 0.1) is 5.92 Å². The molecule has 0 N–H and O–H groups in total. The van der Waals surface area contributed by atoms with Crippen LogP contribution in [0.25, 0.3) is 0 Å². The van der Waals surface area contributed by atoms with Crippen molar-refractivity contribution in [2.24, 2.45) is 5.92 Å². The molecule has 5 nitrogen and oxygen atoms in total. The number of nitrogens with zero attached hydrogens (tertiary/aromatic N) is 2. The van der Waals surface area contributed by atoms with Crippen LogP contribution in [0.4, 0.5) is 5.69 Å². The van der Waals surface area contributed by atoms with Gasteiger partial charge in [-0.15, -0.1) is 11.3 Å². The first-order chi connectivity index (χ1) is 15.0. The largest absolute Gasteiger partial charge is 0.325 e. The summed E-state index contributed by atoms with van der Waals surface area (Å²) in [5.74, 6) is -0.170. The summed E-state index contributed by atoms with van der Waals surface area (Å²) in [5, 5.41) is 1.98. The van der Waals surface area contributed by atoms with Gasteiger partial charge >= 0.3 is 0 Å². The molecule has 0 bridgehead atoms. The van der Waals surface area contributed by atoms with Gasteiger partial charge in [-0.25, -0.2) is 4.90 Å². The second kappa shape index (κ2) is 9.35. The molecule has 1 atom stereocenters. The van der Waals surface area contributed by atoms with E-state index >= 15 is 0 Å². The fraction of sp³-hybridized carbons (Fsp3) is 0.480. The van der Waals surface area contributed by atoms with Crippen molar-refractivity contribution in [2.75, 3.05) is 4.90 Å². The third-order valence-corrected chi connectivity index (χ3v) is 7.32. The Morgan fingerprint density at radius 1 is 1.10 bits per heavy atom. The molecule has 1 aliphatic heterocycles. The van der Waals surface area contributed by atoms with Gasteiger partial charge in [0.05, 0.1) is 18.7 Å². The van der Waals surface area contributed by atoms with Crippen LogP contribution in [0.1, 0.15) is 68.7 Å². The Morgan fingerprint density at radius 2 is 1.81 bits per heavy atom. The number of hydrogen-bond donors (Lipinski definition) is 0. The van der Waals surface area contributed by atoms with Crippen molar-refractivity contribution >= 4 is 34.7 Å². The van der Waals surface area contributed by atoms with Crippen molar-refractivity contribution in [1.29, 1.82) is 0 Å². The van der Waals surface area contributed by atoms with Gasteiger partial charge in [-0.3, -0.25) is 14.4 Å². The average Bonchev–Trinajstić information content (AvgIpc) is 3.39. The first kappa shape index (κ1) is 21.8. The Bertz CT molecular complexity index is 930. The van der Waals surface area contributed by atoms with Gasteiger partial charge in [0, 0.05) is 10.8 Å². The normalized spacial score (nSPS) is 20.0. The van der Waals surface area contributed by atoms with Gasteiger partial charge in [-0.1, -0.05) is 51.3 Å². The molecule has 164 valence electrons. The van der Waals surface area contributed by atoms with E-state index in [1.54, 1.807) is 16.2 Å². The highest BCUT2D eigenvalue weighted by Gasteiger charge is 2.45. The van der Waals surface area contributed by atoms with Crippen LogP contribution in [0.15, 0.2) is 41.8 Å². The second-order valence-electron chi connectivity index (χ2n) is 8.91. The minimum atomic E-state index is -0.728. The molecule has 0 radical (unpaired) electrons. The van der Waals surface area contributed by atoms with E-state index in [1.807, 2.05) is 41.8 Å². The molecule has 2 fully saturated rings. The predicted molar refractivity (Wildman–Crippen MR) is 123 cm³/mol. The number of carbonyl (C=O) groups excluding carboxylic acids is 3. The summed E-state index contributed by atoms with van der Waals surface area (Å²) in [5.41, 5.74) is 1.74. The minimum Gasteiger partial charge on any atom is -0.325 e. The number of benzene rings is 1. The van der Waals surface area contributed by atoms with E-state index in [-0.39, 0.29) is 30.1 Å². The van der Waals surface area contributed by atoms with Crippen LogP contribution in [0.3, 0.4) is 0 Å². The lowest BCUT2D eigenvalue weighted by molar-refractivity contribution is -0.143. The molecule has 6 heteroatoms. The molecular formula is C25H30N2O3S. The van der Waals surface area contributed by atoms with Crippen LogP contribution in [0.2, 0.25) is 0 Å². The summed E-state index contributed by atoms with van der Waals surface area (Å²) in [6.07, 6.45) is 5.05. The maximum Gasteiger partial charge on any atom is 0.257 e. The Morgan fingerprint density at radius 3 is 2.42 bits per heavy atom. The van der Waals surface area contributed by atoms with Crippen molar-refractivity contribution in [1.82, 2.24) is 4.90 Å². The third-order valence-electron chi connectivity index (χ3n) is 6.46. The second-order valence-corrected chi connectivity index (χ2v) is 9.95. The van der Waals surface area contributed by atoms with Gasteiger partial charge in [0.15, 0.2) is 0 Å². The lowest BCUT2D eigenvalue weighted by atomic mass is 9.88. The smallest absolute Gasteiger partial charge is 0.257 e. The zero-order valence-electron chi connectivity index (χ0n) is 18.3. The number of imide groups is 1. The molecule has 2 aromatic rings. The van der Waals surface area contributed by atoms with Gasteiger partial charge in [0.2, 0.25) is 11.8 Å². The summed E-state index contributed by atoms with van der Waals surface area (Å²) >= 11 is 1.57. The molecule has 31 heavy (non-hydrogen) atoms. The molecule has 1 saturated heterocycles. The molecule has 1 aromatic carbocycles. The molecular weight excluding hydrogens is 408 g/mol. The zero-order chi connectivity index (χ0) is 22.0. The SMILES string of the molecule is CC(C)c1ccc(N2C(=O)CC(N(Cc3cccs3)C(=O)C3CCCCC3)C2=O)cc1. The highest BCUT2D eigenvalue weighted by molar-refractivity contribution is 7.09. The number of thiophene rings is 1. The summed E-state index contributed by atoms with van der Waals surface area (Å²) in [6, 6.07) is 10.8. The lowest BCUT2D eigenvalue weighted by Gasteiger charge is -2.32. The fourth-order valence-corrected chi connectivity index (χ4v) is 5.34. The van der Waals surface area contributed by atoms with E-state index in [0.29, 0.717) is 18.2 Å². The minimum absolute atomic E-state index is 0.0243. The third kappa shape index (κ3) is 4.59. The van der Waals surface area contributed by atoms with Crippen LogP contribution < -0.4 is 4.90 Å². The first-order valence-electron chi connectivity index (χ1n) is 11.3. The molecule has 1 saturated carbocycles. The van der Waals surface area contributed by atoms with E-state index in [9.17, 15) is 14.4 Å². The molecule has 1 aliphatic carbocycles. The van der Waals surface area contributed by atoms with Gasteiger partial charge in [0.25, 0.3) is 5.91 Å². The van der Waals surface area contributed by atoms with Gasteiger partial charge in [-0.05, 0) is 47.9 Å². The summed E-state index contributed by atoms with van der Waals surface area (Å²) in [7, 11) is 0. The number of carbonyl (C=O) groups is 3. The van der Waals surface area contributed by atoms with Crippen molar-refractivity contribution in [3.05, 3.63) is 52.2 Å². The predicted octanol–water partition coefficient (Wildman–Crippen LogP) is 5.11. The van der Waals surface area contributed by atoms with Crippen molar-refractivity contribution < 1.29 is 14.4 Å². The molecule has 0 spiro atoms. The quantitative estimate of drug-likeness (QED) is 0.589. The maximum absolute atomic E-state index is 13.5. The Labute approximate surface area is 188 Å². The lowest BCUT2D eigenvalue weighted by Crippen LogP contribution is -2.47. The van der Waals surface area contributed by atoms with Crippen molar-refractivity contribution in [3.8, 4) is 0 Å². The Balaban J connectivity index is 1.59. The van der Waals surface area contributed by atoms with E-state index in [0.717, 1.165) is 42.5 Å². The molecule has 1 unspecified atom stereocenters. The van der Waals surface area contributed by atoms with E-state index < -0.39 is 6.04 Å². The van der Waals surface area contributed by atoms with E-state index in [4.69, 9.17) is 0 Å². The topological polar surface area (TPSA) is 57.7 Å². The molecule has 2 aliphatic rings. The molecule has 4 rings (SSSR count). The first-order valence-corrected chi connectivity index (χ1v) is 12.1. The maximum atomic E-state index is 13.5. The number of amides is 3. The number of rotatable bonds is 6. The van der Waals surface area contributed by atoms with Crippen LogP contribution in [-0.4, -0.2) is 28.7 Å². The number of anilines is 1. The fourth-order valence-electron chi connectivity index (χ4n) is 4.64. The Hall–Kier alpha value is -2.47. The average molecular weight is 439 g/mol. The highest BCUT2D eigenvalue weighted by Crippen LogP contribution is 2.32. The molecule has 3 amide bonds. The standard InChI is InChI=1S/C25H30N2O3S/c1-17(2)18-10-12-20(13-11-18)27-23(28)15-22(25(27)30)26(16-21-9-6-14-31-21)24(29)19-7-4-3-5-8-19/h6,9-14,17,19,22H,3-5,7-8,15-16H2,1-2H3. The highest BCUT2D eigenvalue weighted by atomic mass is 32.1. The summed E-state index contributed by atoms with van der Waals surface area (Å²) < 4.78 is 0. The van der Waals surface area contributed by atoms with E-state index in [2.05, 4.69) is 13.8 Å². The van der Waals surface area contributed by atoms with Crippen LogP contribution in [0.5, 0.6) is 0 Å².